The zero-order valence-electron chi connectivity index (χ0n) is 14.4. The average Bonchev–Trinajstić information content (AvgIpc) is 3.23. The lowest BCUT2D eigenvalue weighted by atomic mass is 9.58. The molecule has 0 amide bonds. The highest BCUT2D eigenvalue weighted by Gasteiger charge is 2.56. The second kappa shape index (κ2) is 6.38. The summed E-state index contributed by atoms with van der Waals surface area (Å²) in [4.78, 5) is 25.4. The molecule has 4 atom stereocenters. The monoisotopic (exact) mass is 356 g/mol. The van der Waals surface area contributed by atoms with Crippen LogP contribution in [0.2, 0.25) is 0 Å². The summed E-state index contributed by atoms with van der Waals surface area (Å²) in [6, 6.07) is 0. The fourth-order valence-electron chi connectivity index (χ4n) is 4.62. The highest BCUT2D eigenvalue weighted by Crippen LogP contribution is 2.50. The maximum atomic E-state index is 14.1. The topological polar surface area (TPSA) is 63.6 Å². The molecular weight excluding hydrogens is 335 g/mol. The predicted octanol–water partition coefficient (Wildman–Crippen LogP) is 3.54. The quantitative estimate of drug-likeness (QED) is 0.837. The summed E-state index contributed by atoms with van der Waals surface area (Å²) in [5.41, 5.74) is -0.270. The lowest BCUT2D eigenvalue weighted by molar-refractivity contribution is -0.161. The number of hydrogen-bond acceptors (Lipinski definition) is 3. The number of Topliss-reactive ketones (excluding diaryl/α,β-unsaturated/α-hetero) is 1. The Morgan fingerprint density at radius 2 is 2.19 bits per heavy atom. The number of ketones is 1. The molecule has 0 bridgehead atoms. The maximum absolute atomic E-state index is 14.1. The summed E-state index contributed by atoms with van der Waals surface area (Å²) in [6.45, 7) is -0.579. The van der Waals surface area contributed by atoms with Crippen LogP contribution in [-0.4, -0.2) is 30.1 Å². The van der Waals surface area contributed by atoms with E-state index in [4.69, 9.17) is 4.74 Å². The van der Waals surface area contributed by atoms with Crippen LogP contribution in [0.15, 0.2) is 59.4 Å². The fraction of sp³-hybridized carbons (Fsp3) is 0.429. The van der Waals surface area contributed by atoms with E-state index in [1.165, 1.54) is 0 Å². The molecule has 136 valence electrons. The average molecular weight is 356 g/mol. The van der Waals surface area contributed by atoms with E-state index in [1.807, 2.05) is 30.4 Å². The molecule has 4 aliphatic rings. The molecule has 0 aromatic carbocycles. The summed E-state index contributed by atoms with van der Waals surface area (Å²) in [6.07, 6.45) is 14.6. The normalized spacial score (nSPS) is 35.5. The zero-order valence-corrected chi connectivity index (χ0v) is 14.4. The molecule has 4 rings (SSSR count). The lowest BCUT2D eigenvalue weighted by Gasteiger charge is -2.43. The minimum absolute atomic E-state index is 0.0472. The Bertz CT molecular complexity index is 801. The van der Waals surface area contributed by atoms with Gasteiger partial charge in [0.1, 0.15) is 30.2 Å². The molecule has 0 aromatic heterocycles. The molecule has 1 aliphatic heterocycles. The van der Waals surface area contributed by atoms with Gasteiger partial charge in [-0.1, -0.05) is 24.3 Å². The van der Waals surface area contributed by atoms with Gasteiger partial charge in [0.05, 0.1) is 5.92 Å². The first-order valence-electron chi connectivity index (χ1n) is 9.00. The summed E-state index contributed by atoms with van der Waals surface area (Å²) >= 11 is 0. The third-order valence-corrected chi connectivity index (χ3v) is 6.08. The summed E-state index contributed by atoms with van der Waals surface area (Å²) in [7, 11) is 0. The van der Waals surface area contributed by atoms with Crippen LogP contribution in [0.3, 0.4) is 0 Å². The largest absolute Gasteiger partial charge is 0.489 e. The molecule has 0 saturated heterocycles. The molecule has 26 heavy (non-hydrogen) atoms. The fourth-order valence-corrected chi connectivity index (χ4v) is 4.62. The van der Waals surface area contributed by atoms with E-state index >= 15 is 0 Å². The van der Waals surface area contributed by atoms with Crippen LogP contribution in [0.1, 0.15) is 19.3 Å². The van der Waals surface area contributed by atoms with Gasteiger partial charge in [-0.2, -0.15) is 0 Å². The number of alkyl halides is 1. The number of carbonyl (C=O) groups is 2. The molecule has 0 radical (unpaired) electrons. The van der Waals surface area contributed by atoms with Gasteiger partial charge in [-0.3, -0.25) is 9.59 Å². The number of aliphatic carboxylic acids is 1. The van der Waals surface area contributed by atoms with Crippen molar-refractivity contribution in [3.63, 3.8) is 0 Å². The van der Waals surface area contributed by atoms with E-state index in [9.17, 15) is 19.1 Å². The summed E-state index contributed by atoms with van der Waals surface area (Å²) < 4.78 is 19.6. The number of halogens is 1. The molecule has 1 N–H and O–H groups in total. The van der Waals surface area contributed by atoms with Gasteiger partial charge in [0.25, 0.3) is 0 Å². The van der Waals surface area contributed by atoms with Crippen molar-refractivity contribution in [3.05, 3.63) is 59.4 Å². The number of carboxylic acid groups (broad SMARTS) is 1. The minimum atomic E-state index is -1.69. The molecular formula is C21H21FO4. The van der Waals surface area contributed by atoms with E-state index in [0.29, 0.717) is 24.4 Å². The number of rotatable bonds is 4. The van der Waals surface area contributed by atoms with Gasteiger partial charge < -0.3 is 9.84 Å². The highest BCUT2D eigenvalue weighted by molar-refractivity contribution is 5.95. The first-order chi connectivity index (χ1) is 12.6. The standard InChI is InChI=1S/C21H21FO4/c22-12-21(20(24)25)8-6-16(13-4-2-1-3-5-13)19(23)18(21)15-10-14-7-9-26-17(14)11-15/h1-4,7,10-11,13,16,18H,5-6,8-9,12H2,(H,24,25)/t13?,16?,18?,21-/m1/s1. The smallest absolute Gasteiger partial charge is 0.313 e. The number of allylic oxidation sites excluding steroid dienone is 7. The number of fused-ring (bicyclic) bond motifs is 1. The van der Waals surface area contributed by atoms with Crippen molar-refractivity contribution in [2.24, 2.45) is 23.2 Å². The van der Waals surface area contributed by atoms with E-state index in [-0.39, 0.29) is 24.0 Å². The number of carboxylic acids is 1. The van der Waals surface area contributed by atoms with Gasteiger partial charge in [-0.05, 0) is 49.0 Å². The van der Waals surface area contributed by atoms with Gasteiger partial charge in [0, 0.05) is 11.5 Å². The van der Waals surface area contributed by atoms with Crippen LogP contribution < -0.4 is 0 Å². The van der Waals surface area contributed by atoms with E-state index in [1.54, 1.807) is 12.2 Å². The number of ether oxygens (including phenoxy) is 1. The van der Waals surface area contributed by atoms with Crippen LogP contribution in [0.4, 0.5) is 4.39 Å². The van der Waals surface area contributed by atoms with E-state index in [2.05, 4.69) is 0 Å². The van der Waals surface area contributed by atoms with Gasteiger partial charge >= 0.3 is 5.97 Å². The molecule has 0 aromatic rings. The lowest BCUT2D eigenvalue weighted by Crippen LogP contribution is -2.51. The molecule has 1 fully saturated rings. The van der Waals surface area contributed by atoms with Crippen molar-refractivity contribution in [2.45, 2.75) is 19.3 Å². The summed E-state index contributed by atoms with van der Waals surface area (Å²) in [5, 5.41) is 9.83. The Labute approximate surface area is 151 Å². The van der Waals surface area contributed by atoms with Gasteiger partial charge in [0.2, 0.25) is 0 Å². The molecule has 0 spiro atoms. The molecule has 3 aliphatic carbocycles. The van der Waals surface area contributed by atoms with E-state index in [0.717, 1.165) is 12.0 Å². The van der Waals surface area contributed by atoms with Crippen LogP contribution >= 0.6 is 0 Å². The molecule has 4 nitrogen and oxygen atoms in total. The Hall–Kier alpha value is -2.43. The second-order valence-electron chi connectivity index (χ2n) is 7.41. The molecule has 1 saturated carbocycles. The van der Waals surface area contributed by atoms with Crippen molar-refractivity contribution < 1.29 is 23.8 Å². The second-order valence-corrected chi connectivity index (χ2v) is 7.41. The number of hydrogen-bond donors (Lipinski definition) is 1. The van der Waals surface area contributed by atoms with Crippen LogP contribution in [0.5, 0.6) is 0 Å². The maximum Gasteiger partial charge on any atom is 0.313 e. The third-order valence-electron chi connectivity index (χ3n) is 6.08. The van der Waals surface area contributed by atoms with Gasteiger partial charge in [-0.25, -0.2) is 4.39 Å². The highest BCUT2D eigenvalue weighted by atomic mass is 19.1. The SMILES string of the molecule is O=C1C(C2C=CC=CC2)CC[C@](CF)(C(=O)O)C1C1=CC2=CCOC2=C1. The predicted molar refractivity (Wildman–Crippen MR) is 93.9 cm³/mol. The Morgan fingerprint density at radius 1 is 1.35 bits per heavy atom. The molecule has 5 heteroatoms. The van der Waals surface area contributed by atoms with Crippen molar-refractivity contribution in [2.75, 3.05) is 13.3 Å². The summed E-state index contributed by atoms with van der Waals surface area (Å²) in [5.74, 6) is -1.97. The van der Waals surface area contributed by atoms with Gasteiger partial charge in [0.15, 0.2) is 0 Å². The molecule has 1 heterocycles. The minimum Gasteiger partial charge on any atom is -0.489 e. The van der Waals surface area contributed by atoms with Crippen molar-refractivity contribution in [1.29, 1.82) is 0 Å². The number of carbonyl (C=O) groups excluding carboxylic acids is 1. The Morgan fingerprint density at radius 3 is 2.85 bits per heavy atom. The third kappa shape index (κ3) is 2.49. The Balaban J connectivity index is 1.73. The van der Waals surface area contributed by atoms with Crippen molar-refractivity contribution in [3.8, 4) is 0 Å². The van der Waals surface area contributed by atoms with Crippen molar-refractivity contribution >= 4 is 11.8 Å². The van der Waals surface area contributed by atoms with Gasteiger partial charge in [-0.15, -0.1) is 0 Å². The first-order valence-corrected chi connectivity index (χ1v) is 9.00. The zero-order chi connectivity index (χ0) is 18.3. The van der Waals surface area contributed by atoms with Crippen molar-refractivity contribution in [1.82, 2.24) is 0 Å². The Kier molecular flexibility index (Phi) is 4.17. The molecule has 3 unspecified atom stereocenters. The van der Waals surface area contributed by atoms with Crippen LogP contribution in [0.25, 0.3) is 0 Å². The first kappa shape index (κ1) is 17.0. The van der Waals surface area contributed by atoms with Crippen LogP contribution in [0, 0.1) is 23.2 Å². The van der Waals surface area contributed by atoms with E-state index < -0.39 is 24.0 Å². The van der Waals surface area contributed by atoms with Crippen LogP contribution in [-0.2, 0) is 14.3 Å².